The SMILES string of the molecule is COCC1(C)CN(C(=O)c2cnc3cnc(Br)cn23)C1. The molecule has 0 aromatic carbocycles. The molecule has 1 aliphatic heterocycles. The van der Waals surface area contributed by atoms with Crippen molar-refractivity contribution in [1.29, 1.82) is 0 Å². The largest absolute Gasteiger partial charge is 0.384 e. The third kappa shape index (κ3) is 2.20. The molecular weight excluding hydrogens is 324 g/mol. The van der Waals surface area contributed by atoms with E-state index in [4.69, 9.17) is 4.74 Å². The van der Waals surface area contributed by atoms with Gasteiger partial charge in [-0.3, -0.25) is 9.20 Å². The maximum atomic E-state index is 12.5. The molecule has 0 atom stereocenters. The molecule has 1 amide bonds. The number of halogens is 1. The summed E-state index contributed by atoms with van der Waals surface area (Å²) in [5.74, 6) is -0.0100. The van der Waals surface area contributed by atoms with Crippen LogP contribution in [0, 0.1) is 5.41 Å². The van der Waals surface area contributed by atoms with Crippen LogP contribution in [0.3, 0.4) is 0 Å². The van der Waals surface area contributed by atoms with Gasteiger partial charge in [0, 0.05) is 31.8 Å². The average Bonchev–Trinajstić information content (AvgIpc) is 2.78. The number of imidazole rings is 1. The van der Waals surface area contributed by atoms with Gasteiger partial charge in [0.05, 0.1) is 19.0 Å². The molecule has 2 aromatic rings. The van der Waals surface area contributed by atoms with Crippen molar-refractivity contribution in [2.45, 2.75) is 6.92 Å². The lowest BCUT2D eigenvalue weighted by Gasteiger charge is -2.47. The van der Waals surface area contributed by atoms with Crippen LogP contribution in [0.25, 0.3) is 5.65 Å². The quantitative estimate of drug-likeness (QED) is 0.852. The van der Waals surface area contributed by atoms with Gasteiger partial charge in [0.25, 0.3) is 5.91 Å². The molecule has 20 heavy (non-hydrogen) atoms. The minimum Gasteiger partial charge on any atom is -0.384 e. The molecule has 3 heterocycles. The lowest BCUT2D eigenvalue weighted by Crippen LogP contribution is -2.59. The summed E-state index contributed by atoms with van der Waals surface area (Å²) in [6.07, 6.45) is 4.98. The molecule has 3 rings (SSSR count). The van der Waals surface area contributed by atoms with E-state index in [0.717, 1.165) is 0 Å². The van der Waals surface area contributed by atoms with Gasteiger partial charge in [0.15, 0.2) is 5.65 Å². The maximum absolute atomic E-state index is 12.5. The topological polar surface area (TPSA) is 59.7 Å². The number of hydrogen-bond acceptors (Lipinski definition) is 4. The number of carbonyl (C=O) groups is 1. The molecule has 0 unspecified atom stereocenters. The number of rotatable bonds is 3. The van der Waals surface area contributed by atoms with Crippen molar-refractivity contribution in [3.8, 4) is 0 Å². The van der Waals surface area contributed by atoms with Crippen molar-refractivity contribution in [2.75, 3.05) is 26.8 Å². The third-order valence-corrected chi connectivity index (χ3v) is 3.92. The number of ether oxygens (including phenoxy) is 1. The zero-order valence-electron chi connectivity index (χ0n) is 11.3. The fraction of sp³-hybridized carbons (Fsp3) is 0.462. The van der Waals surface area contributed by atoms with E-state index in [2.05, 4.69) is 32.8 Å². The first-order valence-corrected chi connectivity index (χ1v) is 7.08. The van der Waals surface area contributed by atoms with E-state index < -0.39 is 0 Å². The number of hydrogen-bond donors (Lipinski definition) is 0. The molecule has 0 saturated carbocycles. The Balaban J connectivity index is 1.82. The van der Waals surface area contributed by atoms with Gasteiger partial charge in [-0.1, -0.05) is 6.92 Å². The van der Waals surface area contributed by atoms with Crippen molar-refractivity contribution in [2.24, 2.45) is 5.41 Å². The van der Waals surface area contributed by atoms with Crippen LogP contribution < -0.4 is 0 Å². The Morgan fingerprint density at radius 3 is 2.90 bits per heavy atom. The molecule has 1 aliphatic rings. The summed E-state index contributed by atoms with van der Waals surface area (Å²) in [5, 5.41) is 0. The molecule has 7 heteroatoms. The van der Waals surface area contributed by atoms with Crippen LogP contribution in [0.4, 0.5) is 0 Å². The zero-order chi connectivity index (χ0) is 14.3. The molecule has 106 valence electrons. The van der Waals surface area contributed by atoms with Gasteiger partial charge in [0.2, 0.25) is 0 Å². The van der Waals surface area contributed by atoms with E-state index in [0.29, 0.717) is 35.6 Å². The Bertz CT molecular complexity index is 663. The Morgan fingerprint density at radius 1 is 1.45 bits per heavy atom. The number of fused-ring (bicyclic) bond motifs is 1. The van der Waals surface area contributed by atoms with E-state index in [9.17, 15) is 4.79 Å². The van der Waals surface area contributed by atoms with Crippen molar-refractivity contribution in [3.05, 3.63) is 28.9 Å². The summed E-state index contributed by atoms with van der Waals surface area (Å²) < 4.78 is 7.61. The van der Waals surface area contributed by atoms with Crippen molar-refractivity contribution < 1.29 is 9.53 Å². The lowest BCUT2D eigenvalue weighted by molar-refractivity contribution is -0.0282. The van der Waals surface area contributed by atoms with E-state index in [-0.39, 0.29) is 11.3 Å². The summed E-state index contributed by atoms with van der Waals surface area (Å²) in [6, 6.07) is 0. The van der Waals surface area contributed by atoms with Gasteiger partial charge < -0.3 is 9.64 Å². The molecule has 0 N–H and O–H groups in total. The second kappa shape index (κ2) is 4.82. The first-order chi connectivity index (χ1) is 9.52. The smallest absolute Gasteiger partial charge is 0.272 e. The lowest BCUT2D eigenvalue weighted by atomic mass is 9.82. The molecule has 2 aromatic heterocycles. The highest BCUT2D eigenvalue weighted by atomic mass is 79.9. The predicted molar refractivity (Wildman–Crippen MR) is 76.6 cm³/mol. The molecule has 6 nitrogen and oxygen atoms in total. The van der Waals surface area contributed by atoms with Crippen molar-refractivity contribution in [3.63, 3.8) is 0 Å². The maximum Gasteiger partial charge on any atom is 0.272 e. The Labute approximate surface area is 124 Å². The predicted octanol–water partition coefficient (Wildman–Crippen LogP) is 1.60. The number of amides is 1. The van der Waals surface area contributed by atoms with E-state index >= 15 is 0 Å². The summed E-state index contributed by atoms with van der Waals surface area (Å²) in [6.45, 7) is 4.20. The first kappa shape index (κ1) is 13.5. The molecule has 0 radical (unpaired) electrons. The molecule has 0 bridgehead atoms. The van der Waals surface area contributed by atoms with Gasteiger partial charge >= 0.3 is 0 Å². The van der Waals surface area contributed by atoms with Crippen LogP contribution in [0.1, 0.15) is 17.4 Å². The molecule has 1 fully saturated rings. The fourth-order valence-electron chi connectivity index (χ4n) is 2.64. The van der Waals surface area contributed by atoms with Crippen LogP contribution in [0.5, 0.6) is 0 Å². The Kier molecular flexibility index (Phi) is 3.25. The van der Waals surface area contributed by atoms with Crippen LogP contribution in [-0.2, 0) is 4.74 Å². The minimum absolute atomic E-state index is 0.0100. The summed E-state index contributed by atoms with van der Waals surface area (Å²) >= 11 is 3.31. The van der Waals surface area contributed by atoms with Crippen LogP contribution in [-0.4, -0.2) is 52.0 Å². The van der Waals surface area contributed by atoms with E-state index in [1.165, 1.54) is 0 Å². The fourth-order valence-corrected chi connectivity index (χ4v) is 2.95. The second-order valence-corrected chi connectivity index (χ2v) is 6.30. The van der Waals surface area contributed by atoms with Crippen LogP contribution in [0.15, 0.2) is 23.2 Å². The monoisotopic (exact) mass is 338 g/mol. The first-order valence-electron chi connectivity index (χ1n) is 6.29. The Hall–Kier alpha value is -1.47. The molecule has 0 spiro atoms. The van der Waals surface area contributed by atoms with Crippen LogP contribution >= 0.6 is 15.9 Å². The number of methoxy groups -OCH3 is 1. The van der Waals surface area contributed by atoms with Gasteiger partial charge in [-0.25, -0.2) is 9.97 Å². The second-order valence-electron chi connectivity index (χ2n) is 5.49. The number of likely N-dealkylation sites (tertiary alicyclic amines) is 1. The van der Waals surface area contributed by atoms with Crippen LogP contribution in [0.2, 0.25) is 0 Å². The molecule has 1 saturated heterocycles. The van der Waals surface area contributed by atoms with Gasteiger partial charge in [-0.2, -0.15) is 0 Å². The zero-order valence-corrected chi connectivity index (χ0v) is 12.9. The standard InChI is InChI=1S/C13H15BrN4O2/c1-13(8-20-2)6-17(7-13)12(19)9-3-16-11-4-15-10(14)5-18(9)11/h3-5H,6-8H2,1-2H3. The normalized spacial score (nSPS) is 17.2. The third-order valence-electron chi connectivity index (χ3n) is 3.51. The van der Waals surface area contributed by atoms with Crippen molar-refractivity contribution in [1.82, 2.24) is 19.3 Å². The summed E-state index contributed by atoms with van der Waals surface area (Å²) in [5.41, 5.74) is 1.28. The van der Waals surface area contributed by atoms with E-state index in [1.807, 2.05) is 4.90 Å². The average molecular weight is 339 g/mol. The van der Waals surface area contributed by atoms with Gasteiger partial charge in [0.1, 0.15) is 10.3 Å². The number of carbonyl (C=O) groups excluding carboxylic acids is 1. The Morgan fingerprint density at radius 2 is 2.20 bits per heavy atom. The summed E-state index contributed by atoms with van der Waals surface area (Å²) in [4.78, 5) is 22.6. The minimum atomic E-state index is -0.0100. The highest BCUT2D eigenvalue weighted by Crippen LogP contribution is 2.31. The molecular formula is C13H15BrN4O2. The van der Waals surface area contributed by atoms with E-state index in [1.54, 1.807) is 30.1 Å². The number of aromatic nitrogens is 3. The number of nitrogens with zero attached hydrogens (tertiary/aromatic N) is 4. The molecule has 0 aliphatic carbocycles. The van der Waals surface area contributed by atoms with Gasteiger partial charge in [-0.05, 0) is 15.9 Å². The van der Waals surface area contributed by atoms with Gasteiger partial charge in [-0.15, -0.1) is 0 Å². The highest BCUT2D eigenvalue weighted by Gasteiger charge is 2.42. The van der Waals surface area contributed by atoms with Crippen molar-refractivity contribution >= 4 is 27.5 Å². The highest BCUT2D eigenvalue weighted by molar-refractivity contribution is 9.10. The summed E-state index contributed by atoms with van der Waals surface area (Å²) in [7, 11) is 1.69.